The fourth-order valence-electron chi connectivity index (χ4n) is 3.98. The molecule has 1 aromatic heterocycles. The number of benzene rings is 2. The maximum atomic E-state index is 13.6. The smallest absolute Gasteiger partial charge is 0.260 e. The van der Waals surface area contributed by atoms with Gasteiger partial charge in [0.2, 0.25) is 10.0 Å². The normalized spacial score (nSPS) is 15.1. The average molecular weight is 470 g/mol. The standard InChI is InChI=1S/C24H27N3O3S2/c1-26(2)32(29,30)21-15-13-19(14-16-21)23(28)27(20-11-7-4-8-12-20)24-25-22(17-31-24)18-9-5-3-6-10-18/h3,5-6,9-10,13-17,20H,4,7-8,11-12H2,1-2H3. The van der Waals surface area contributed by atoms with Crippen LogP contribution in [0.1, 0.15) is 42.5 Å². The predicted octanol–water partition coefficient (Wildman–Crippen LogP) is 5.04. The van der Waals surface area contributed by atoms with Gasteiger partial charge in [-0.2, -0.15) is 0 Å². The molecule has 2 aromatic carbocycles. The zero-order chi connectivity index (χ0) is 22.7. The Hall–Kier alpha value is -2.55. The van der Waals surface area contributed by atoms with Crippen LogP contribution in [0.15, 0.2) is 64.9 Å². The molecule has 1 aliphatic carbocycles. The number of carbonyl (C=O) groups is 1. The van der Waals surface area contributed by atoms with Gasteiger partial charge in [0, 0.05) is 36.6 Å². The third-order valence-corrected chi connectivity index (χ3v) is 8.48. The molecule has 1 amide bonds. The summed E-state index contributed by atoms with van der Waals surface area (Å²) in [5.74, 6) is -0.139. The monoisotopic (exact) mass is 469 g/mol. The topological polar surface area (TPSA) is 70.6 Å². The van der Waals surface area contributed by atoms with E-state index < -0.39 is 10.0 Å². The molecule has 1 fully saturated rings. The van der Waals surface area contributed by atoms with Gasteiger partial charge < -0.3 is 0 Å². The minimum atomic E-state index is -3.54. The molecule has 0 aliphatic heterocycles. The Labute approximate surface area is 193 Å². The lowest BCUT2D eigenvalue weighted by Gasteiger charge is -2.32. The summed E-state index contributed by atoms with van der Waals surface area (Å²) < 4.78 is 25.9. The number of anilines is 1. The van der Waals surface area contributed by atoms with Crippen molar-refractivity contribution in [1.82, 2.24) is 9.29 Å². The highest BCUT2D eigenvalue weighted by atomic mass is 32.2. The summed E-state index contributed by atoms with van der Waals surface area (Å²) in [5.41, 5.74) is 2.33. The predicted molar refractivity (Wildman–Crippen MR) is 129 cm³/mol. The first-order valence-electron chi connectivity index (χ1n) is 10.7. The van der Waals surface area contributed by atoms with Crippen molar-refractivity contribution in [3.63, 3.8) is 0 Å². The third-order valence-electron chi connectivity index (χ3n) is 5.81. The Morgan fingerprint density at radius 1 is 0.969 bits per heavy atom. The summed E-state index contributed by atoms with van der Waals surface area (Å²) in [6.45, 7) is 0. The van der Waals surface area contributed by atoms with Gasteiger partial charge in [0.05, 0.1) is 10.6 Å². The largest absolute Gasteiger partial charge is 0.281 e. The minimum absolute atomic E-state index is 0.0937. The first-order chi connectivity index (χ1) is 15.4. The molecule has 6 nitrogen and oxygen atoms in total. The molecule has 0 N–H and O–H groups in total. The summed E-state index contributed by atoms with van der Waals surface area (Å²) in [6.07, 6.45) is 5.25. The minimum Gasteiger partial charge on any atom is -0.281 e. The van der Waals surface area contributed by atoms with E-state index in [0.717, 1.165) is 36.9 Å². The quantitative estimate of drug-likeness (QED) is 0.507. The van der Waals surface area contributed by atoms with Crippen molar-refractivity contribution >= 4 is 32.4 Å². The van der Waals surface area contributed by atoms with Crippen molar-refractivity contribution < 1.29 is 13.2 Å². The van der Waals surface area contributed by atoms with Gasteiger partial charge >= 0.3 is 0 Å². The first-order valence-corrected chi connectivity index (χ1v) is 13.1. The van der Waals surface area contributed by atoms with Gasteiger partial charge in [0.1, 0.15) is 0 Å². The van der Waals surface area contributed by atoms with E-state index in [1.807, 2.05) is 40.6 Å². The molecule has 0 radical (unpaired) electrons. The summed E-state index contributed by atoms with van der Waals surface area (Å²) >= 11 is 1.47. The van der Waals surface area contributed by atoms with E-state index in [-0.39, 0.29) is 16.8 Å². The van der Waals surface area contributed by atoms with Gasteiger partial charge in [0.25, 0.3) is 5.91 Å². The Kier molecular flexibility index (Phi) is 6.74. The number of carbonyl (C=O) groups excluding carboxylic acids is 1. The fraction of sp³-hybridized carbons (Fsp3) is 0.333. The number of nitrogens with zero attached hydrogens (tertiary/aromatic N) is 3. The SMILES string of the molecule is CN(C)S(=O)(=O)c1ccc(C(=O)N(c2nc(-c3ccccc3)cs2)C2CCCCC2)cc1. The summed E-state index contributed by atoms with van der Waals surface area (Å²) in [5, 5.41) is 2.67. The van der Waals surface area contributed by atoms with Crippen molar-refractivity contribution in [1.29, 1.82) is 0 Å². The van der Waals surface area contributed by atoms with Crippen molar-refractivity contribution in [3.05, 3.63) is 65.5 Å². The van der Waals surface area contributed by atoms with Crippen LogP contribution in [0.4, 0.5) is 5.13 Å². The summed E-state index contributed by atoms with van der Waals surface area (Å²) in [6, 6.07) is 16.2. The van der Waals surface area contributed by atoms with Gasteiger partial charge in [-0.1, -0.05) is 49.6 Å². The van der Waals surface area contributed by atoms with Crippen LogP contribution in [0.5, 0.6) is 0 Å². The van der Waals surface area contributed by atoms with Crippen LogP contribution in [0.2, 0.25) is 0 Å². The van der Waals surface area contributed by atoms with Crippen LogP contribution >= 0.6 is 11.3 Å². The second-order valence-electron chi connectivity index (χ2n) is 8.16. The Bertz CT molecular complexity index is 1170. The molecule has 0 saturated heterocycles. The van der Waals surface area contributed by atoms with Crippen LogP contribution in [0.25, 0.3) is 11.3 Å². The number of amides is 1. The van der Waals surface area contributed by atoms with E-state index >= 15 is 0 Å². The Balaban J connectivity index is 1.67. The molecule has 0 bridgehead atoms. The van der Waals surface area contributed by atoms with Crippen LogP contribution in [-0.4, -0.2) is 43.8 Å². The molecule has 0 unspecified atom stereocenters. The number of hydrogen-bond donors (Lipinski definition) is 0. The van der Waals surface area contributed by atoms with Crippen LogP contribution in [0, 0.1) is 0 Å². The number of sulfonamides is 1. The van der Waals surface area contributed by atoms with E-state index in [4.69, 9.17) is 4.98 Å². The lowest BCUT2D eigenvalue weighted by atomic mass is 9.94. The van der Waals surface area contributed by atoms with Crippen LogP contribution in [-0.2, 0) is 10.0 Å². The summed E-state index contributed by atoms with van der Waals surface area (Å²) in [7, 11) is -0.557. The van der Waals surface area contributed by atoms with Gasteiger partial charge in [-0.25, -0.2) is 17.7 Å². The molecule has 4 rings (SSSR count). The molecule has 168 valence electrons. The second kappa shape index (κ2) is 9.52. The van der Waals surface area contributed by atoms with Gasteiger partial charge in [-0.15, -0.1) is 11.3 Å². The van der Waals surface area contributed by atoms with Crippen molar-refractivity contribution in [2.24, 2.45) is 0 Å². The van der Waals surface area contributed by atoms with E-state index in [1.165, 1.54) is 48.3 Å². The van der Waals surface area contributed by atoms with Gasteiger partial charge in [0.15, 0.2) is 5.13 Å². The molecule has 0 atom stereocenters. The Morgan fingerprint density at radius 2 is 1.62 bits per heavy atom. The van der Waals surface area contributed by atoms with E-state index in [1.54, 1.807) is 12.1 Å². The Morgan fingerprint density at radius 3 is 2.25 bits per heavy atom. The number of hydrogen-bond acceptors (Lipinski definition) is 5. The van der Waals surface area contributed by atoms with Crippen LogP contribution in [0.3, 0.4) is 0 Å². The maximum Gasteiger partial charge on any atom is 0.260 e. The average Bonchev–Trinajstić information content (AvgIpc) is 3.30. The molecule has 0 spiro atoms. The molecule has 1 saturated carbocycles. The molecule has 32 heavy (non-hydrogen) atoms. The summed E-state index contributed by atoms with van der Waals surface area (Å²) in [4.78, 5) is 20.4. The lowest BCUT2D eigenvalue weighted by Crippen LogP contribution is -2.41. The highest BCUT2D eigenvalue weighted by Gasteiger charge is 2.30. The van der Waals surface area contributed by atoms with Gasteiger partial charge in [-0.3, -0.25) is 9.69 Å². The zero-order valence-electron chi connectivity index (χ0n) is 18.3. The van der Waals surface area contributed by atoms with E-state index in [0.29, 0.717) is 10.7 Å². The van der Waals surface area contributed by atoms with E-state index in [9.17, 15) is 13.2 Å². The van der Waals surface area contributed by atoms with E-state index in [2.05, 4.69) is 0 Å². The highest BCUT2D eigenvalue weighted by Crippen LogP contribution is 2.33. The highest BCUT2D eigenvalue weighted by molar-refractivity contribution is 7.89. The van der Waals surface area contributed by atoms with Crippen molar-refractivity contribution in [3.8, 4) is 11.3 Å². The zero-order valence-corrected chi connectivity index (χ0v) is 19.9. The number of rotatable bonds is 6. The molecular formula is C24H27N3O3S2. The van der Waals surface area contributed by atoms with Crippen molar-refractivity contribution in [2.75, 3.05) is 19.0 Å². The molecule has 3 aromatic rings. The molecular weight excluding hydrogens is 442 g/mol. The number of aromatic nitrogens is 1. The number of thiazole rings is 1. The maximum absolute atomic E-state index is 13.6. The first kappa shape index (κ1) is 22.6. The van der Waals surface area contributed by atoms with Crippen LogP contribution < -0.4 is 4.90 Å². The third kappa shape index (κ3) is 4.62. The second-order valence-corrected chi connectivity index (χ2v) is 11.1. The van der Waals surface area contributed by atoms with Gasteiger partial charge in [-0.05, 0) is 37.1 Å². The van der Waals surface area contributed by atoms with Crippen molar-refractivity contribution in [2.45, 2.75) is 43.0 Å². The molecule has 1 aliphatic rings. The lowest BCUT2D eigenvalue weighted by molar-refractivity contribution is 0.0970. The molecule has 8 heteroatoms. The molecule has 1 heterocycles. The fourth-order valence-corrected chi connectivity index (χ4v) is 5.79.